The Morgan fingerprint density at radius 2 is 1.60 bits per heavy atom. The lowest BCUT2D eigenvalue weighted by atomic mass is 10.2. The van der Waals surface area contributed by atoms with E-state index in [1.54, 1.807) is 36.4 Å². The number of aromatic nitrogens is 1. The molecule has 0 aliphatic rings. The van der Waals surface area contributed by atoms with Gasteiger partial charge >= 0.3 is 0 Å². The standard InChI is InChI=1S/C22H18N2O5S/c25-22(23-26)21-14-17-13-18(29-15-16-7-3-1-4-8-16)11-12-20(17)24(21)30(27,28)19-9-5-2-6-10-19/h1-14,26H,15H2,(H,23,25). The highest BCUT2D eigenvalue weighted by Crippen LogP contribution is 2.29. The number of hydroxylamine groups is 1. The van der Waals surface area contributed by atoms with E-state index in [0.29, 0.717) is 23.3 Å². The van der Waals surface area contributed by atoms with Crippen LogP contribution in [0.5, 0.6) is 5.75 Å². The summed E-state index contributed by atoms with van der Waals surface area (Å²) in [6.07, 6.45) is 0. The summed E-state index contributed by atoms with van der Waals surface area (Å²) in [7, 11) is -4.07. The molecule has 7 nitrogen and oxygen atoms in total. The fourth-order valence-electron chi connectivity index (χ4n) is 3.17. The first kappa shape index (κ1) is 19.7. The highest BCUT2D eigenvalue weighted by atomic mass is 32.2. The summed E-state index contributed by atoms with van der Waals surface area (Å²) in [5, 5.41) is 9.59. The predicted molar refractivity (Wildman–Crippen MR) is 111 cm³/mol. The van der Waals surface area contributed by atoms with E-state index < -0.39 is 15.9 Å². The molecule has 0 atom stereocenters. The van der Waals surface area contributed by atoms with Gasteiger partial charge in [-0.1, -0.05) is 48.5 Å². The van der Waals surface area contributed by atoms with Crippen LogP contribution in [0, 0.1) is 0 Å². The van der Waals surface area contributed by atoms with Crippen LogP contribution in [-0.2, 0) is 16.6 Å². The molecule has 0 bridgehead atoms. The summed E-state index contributed by atoms with van der Waals surface area (Å²) in [4.78, 5) is 12.2. The first-order valence-corrected chi connectivity index (χ1v) is 10.5. The molecule has 0 radical (unpaired) electrons. The van der Waals surface area contributed by atoms with Gasteiger partial charge in [-0.15, -0.1) is 0 Å². The molecule has 3 aromatic carbocycles. The van der Waals surface area contributed by atoms with Crippen LogP contribution in [0.3, 0.4) is 0 Å². The second kappa shape index (κ2) is 8.02. The van der Waals surface area contributed by atoms with Crippen molar-refractivity contribution >= 4 is 26.8 Å². The Labute approximate surface area is 173 Å². The van der Waals surface area contributed by atoms with Gasteiger partial charge in [-0.25, -0.2) is 17.9 Å². The number of fused-ring (bicyclic) bond motifs is 1. The molecular formula is C22H18N2O5S. The topological polar surface area (TPSA) is 97.6 Å². The number of hydrogen-bond acceptors (Lipinski definition) is 5. The van der Waals surface area contributed by atoms with Crippen molar-refractivity contribution in [3.05, 3.63) is 96.2 Å². The Bertz CT molecular complexity index is 1300. The Balaban J connectivity index is 1.78. The maximum Gasteiger partial charge on any atom is 0.292 e. The summed E-state index contributed by atoms with van der Waals surface area (Å²) in [6, 6.07) is 23.7. The van der Waals surface area contributed by atoms with Gasteiger partial charge in [-0.2, -0.15) is 0 Å². The summed E-state index contributed by atoms with van der Waals surface area (Å²) in [5.41, 5.74) is 2.58. The van der Waals surface area contributed by atoms with Crippen LogP contribution in [-0.4, -0.2) is 23.5 Å². The Hall–Kier alpha value is -3.62. The van der Waals surface area contributed by atoms with Gasteiger partial charge in [0.05, 0.1) is 10.4 Å². The minimum Gasteiger partial charge on any atom is -0.489 e. The van der Waals surface area contributed by atoms with E-state index >= 15 is 0 Å². The molecule has 0 aliphatic carbocycles. The fourth-order valence-corrected chi connectivity index (χ4v) is 4.70. The molecule has 1 heterocycles. The largest absolute Gasteiger partial charge is 0.489 e. The summed E-state index contributed by atoms with van der Waals surface area (Å²) in [5.74, 6) is -0.408. The van der Waals surface area contributed by atoms with E-state index in [1.165, 1.54) is 23.7 Å². The number of hydrogen-bond donors (Lipinski definition) is 2. The third-order valence-electron chi connectivity index (χ3n) is 4.59. The second-order valence-corrected chi connectivity index (χ2v) is 8.33. The number of rotatable bonds is 6. The zero-order valence-corrected chi connectivity index (χ0v) is 16.5. The van der Waals surface area contributed by atoms with Crippen molar-refractivity contribution in [3.8, 4) is 5.75 Å². The normalized spacial score (nSPS) is 11.4. The van der Waals surface area contributed by atoms with Crippen molar-refractivity contribution in [1.82, 2.24) is 9.45 Å². The molecule has 0 aliphatic heterocycles. The van der Waals surface area contributed by atoms with Gasteiger partial charge in [0.25, 0.3) is 15.9 Å². The minimum atomic E-state index is -4.07. The Morgan fingerprint density at radius 3 is 2.27 bits per heavy atom. The quantitative estimate of drug-likeness (QED) is 0.366. The molecule has 1 amide bonds. The molecule has 0 unspecified atom stereocenters. The Kier molecular flexibility index (Phi) is 5.26. The van der Waals surface area contributed by atoms with Crippen LogP contribution in [0.1, 0.15) is 16.1 Å². The highest BCUT2D eigenvalue weighted by molar-refractivity contribution is 7.90. The zero-order valence-electron chi connectivity index (χ0n) is 15.7. The molecule has 152 valence electrons. The van der Waals surface area contributed by atoms with Crippen LogP contribution in [0.4, 0.5) is 0 Å². The predicted octanol–water partition coefficient (Wildman–Crippen LogP) is 3.58. The van der Waals surface area contributed by atoms with E-state index in [1.807, 2.05) is 30.3 Å². The molecule has 1 aromatic heterocycles. The van der Waals surface area contributed by atoms with Crippen molar-refractivity contribution in [1.29, 1.82) is 0 Å². The van der Waals surface area contributed by atoms with Gasteiger partial charge < -0.3 is 4.74 Å². The summed E-state index contributed by atoms with van der Waals surface area (Å²) >= 11 is 0. The van der Waals surface area contributed by atoms with Gasteiger partial charge in [0.1, 0.15) is 18.1 Å². The molecule has 4 aromatic rings. The average Bonchev–Trinajstić information content (AvgIpc) is 3.18. The number of amides is 1. The number of nitrogens with zero attached hydrogens (tertiary/aromatic N) is 1. The molecule has 2 N–H and O–H groups in total. The van der Waals surface area contributed by atoms with Crippen molar-refractivity contribution < 1.29 is 23.2 Å². The first-order valence-electron chi connectivity index (χ1n) is 9.08. The van der Waals surface area contributed by atoms with Gasteiger partial charge in [0, 0.05) is 5.39 Å². The maximum atomic E-state index is 13.2. The smallest absolute Gasteiger partial charge is 0.292 e. The number of ether oxygens (including phenoxy) is 1. The van der Waals surface area contributed by atoms with Crippen molar-refractivity contribution in [2.45, 2.75) is 11.5 Å². The highest BCUT2D eigenvalue weighted by Gasteiger charge is 2.26. The number of nitrogens with one attached hydrogen (secondary N) is 1. The lowest BCUT2D eigenvalue weighted by Crippen LogP contribution is -2.25. The number of carbonyl (C=O) groups excluding carboxylic acids is 1. The molecule has 0 spiro atoms. The van der Waals surface area contributed by atoms with Crippen molar-refractivity contribution in [2.24, 2.45) is 0 Å². The van der Waals surface area contributed by atoms with E-state index in [-0.39, 0.29) is 10.6 Å². The lowest BCUT2D eigenvalue weighted by Gasteiger charge is -2.11. The van der Waals surface area contributed by atoms with Crippen LogP contribution in [0.15, 0.2) is 89.8 Å². The fraction of sp³-hybridized carbons (Fsp3) is 0.0455. The van der Waals surface area contributed by atoms with E-state index in [9.17, 15) is 13.2 Å². The third-order valence-corrected chi connectivity index (χ3v) is 6.33. The van der Waals surface area contributed by atoms with Crippen LogP contribution in [0.2, 0.25) is 0 Å². The minimum absolute atomic E-state index is 0.0268. The van der Waals surface area contributed by atoms with E-state index in [4.69, 9.17) is 9.94 Å². The van der Waals surface area contributed by atoms with Crippen LogP contribution >= 0.6 is 0 Å². The van der Waals surface area contributed by atoms with E-state index in [2.05, 4.69) is 0 Å². The molecule has 0 saturated heterocycles. The van der Waals surface area contributed by atoms with Gasteiger partial charge in [0.2, 0.25) is 0 Å². The number of benzene rings is 3. The van der Waals surface area contributed by atoms with Crippen molar-refractivity contribution in [2.75, 3.05) is 0 Å². The van der Waals surface area contributed by atoms with Crippen molar-refractivity contribution in [3.63, 3.8) is 0 Å². The van der Waals surface area contributed by atoms with Gasteiger partial charge in [0.15, 0.2) is 0 Å². The third kappa shape index (κ3) is 3.66. The average molecular weight is 422 g/mol. The molecule has 30 heavy (non-hydrogen) atoms. The first-order chi connectivity index (χ1) is 14.5. The SMILES string of the molecule is O=C(NO)c1cc2cc(OCc3ccccc3)ccc2n1S(=O)(=O)c1ccccc1. The van der Waals surface area contributed by atoms with Crippen LogP contribution in [0.25, 0.3) is 10.9 Å². The molecular weight excluding hydrogens is 404 g/mol. The summed E-state index contributed by atoms with van der Waals surface area (Å²) < 4.78 is 33.2. The molecule has 0 fully saturated rings. The maximum absolute atomic E-state index is 13.2. The van der Waals surface area contributed by atoms with Gasteiger partial charge in [-0.05, 0) is 42.0 Å². The number of carbonyl (C=O) groups is 1. The molecule has 0 saturated carbocycles. The Morgan fingerprint density at radius 1 is 0.933 bits per heavy atom. The molecule has 4 rings (SSSR count). The zero-order chi connectivity index (χ0) is 21.1. The molecule has 8 heteroatoms. The van der Waals surface area contributed by atoms with E-state index in [0.717, 1.165) is 9.54 Å². The lowest BCUT2D eigenvalue weighted by molar-refractivity contribution is 0.0700. The summed E-state index contributed by atoms with van der Waals surface area (Å²) in [6.45, 7) is 0.347. The van der Waals surface area contributed by atoms with Gasteiger partial charge in [-0.3, -0.25) is 10.0 Å². The monoisotopic (exact) mass is 422 g/mol. The van der Waals surface area contributed by atoms with Crippen LogP contribution < -0.4 is 10.2 Å². The second-order valence-electron chi connectivity index (χ2n) is 6.55.